The van der Waals surface area contributed by atoms with Crippen LogP contribution < -0.4 is 11.0 Å². The molecule has 1 saturated carbocycles. The summed E-state index contributed by atoms with van der Waals surface area (Å²) in [6, 6.07) is 0.699. The van der Waals surface area contributed by atoms with Crippen LogP contribution in [-0.4, -0.2) is 51.7 Å². The molecule has 1 aromatic heterocycles. The van der Waals surface area contributed by atoms with Crippen molar-refractivity contribution in [1.29, 1.82) is 0 Å². The van der Waals surface area contributed by atoms with Crippen LogP contribution in [0, 0.1) is 5.92 Å². The third kappa shape index (κ3) is 3.76. The third-order valence-corrected chi connectivity index (χ3v) is 4.88. The first-order chi connectivity index (χ1) is 10.7. The highest BCUT2D eigenvalue weighted by Gasteiger charge is 2.30. The molecule has 2 heterocycles. The van der Waals surface area contributed by atoms with Crippen molar-refractivity contribution in [3.63, 3.8) is 0 Å². The topological polar surface area (TPSA) is 93.9 Å². The number of aromatic amines is 2. The molecule has 1 amide bonds. The maximum absolute atomic E-state index is 12.3. The van der Waals surface area contributed by atoms with Crippen LogP contribution >= 0.6 is 0 Å². The SMILES string of the molecule is O=C(NCCc1n[nH]c(=O)[nH]1)[C@@H]1CCCN(C2CCCC2)C1. The van der Waals surface area contributed by atoms with Crippen molar-refractivity contribution in [1.82, 2.24) is 25.4 Å². The summed E-state index contributed by atoms with van der Waals surface area (Å²) < 4.78 is 0. The average Bonchev–Trinajstić information content (AvgIpc) is 3.19. The number of rotatable bonds is 5. The Balaban J connectivity index is 1.43. The monoisotopic (exact) mass is 307 g/mol. The standard InChI is InChI=1S/C15H25N5O2/c21-14(16-8-7-13-17-15(22)19-18-13)11-4-3-9-20(10-11)12-5-1-2-6-12/h11-12H,1-10H2,(H,16,21)(H2,17,18,19,22)/t11-/m1/s1. The van der Waals surface area contributed by atoms with Gasteiger partial charge in [-0.05, 0) is 32.2 Å². The zero-order valence-corrected chi connectivity index (χ0v) is 12.9. The predicted octanol–water partition coefficient (Wildman–Crippen LogP) is 0.411. The Morgan fingerprint density at radius 3 is 2.82 bits per heavy atom. The highest BCUT2D eigenvalue weighted by Crippen LogP contribution is 2.27. The lowest BCUT2D eigenvalue weighted by molar-refractivity contribution is -0.127. The number of hydrogen-bond acceptors (Lipinski definition) is 4. The molecule has 0 radical (unpaired) electrons. The van der Waals surface area contributed by atoms with E-state index >= 15 is 0 Å². The first-order valence-corrected chi connectivity index (χ1v) is 8.37. The van der Waals surface area contributed by atoms with E-state index in [2.05, 4.69) is 25.4 Å². The third-order valence-electron chi connectivity index (χ3n) is 4.88. The molecule has 2 fully saturated rings. The van der Waals surface area contributed by atoms with Gasteiger partial charge >= 0.3 is 5.69 Å². The fraction of sp³-hybridized carbons (Fsp3) is 0.800. The van der Waals surface area contributed by atoms with Crippen LogP contribution in [0.5, 0.6) is 0 Å². The highest BCUT2D eigenvalue weighted by molar-refractivity contribution is 5.78. The van der Waals surface area contributed by atoms with E-state index in [1.165, 1.54) is 25.7 Å². The molecule has 1 aromatic rings. The summed E-state index contributed by atoms with van der Waals surface area (Å²) in [6.45, 7) is 2.55. The van der Waals surface area contributed by atoms with Crippen LogP contribution in [-0.2, 0) is 11.2 Å². The van der Waals surface area contributed by atoms with Crippen molar-refractivity contribution in [3.8, 4) is 0 Å². The number of likely N-dealkylation sites (tertiary alicyclic amines) is 1. The van der Waals surface area contributed by atoms with Crippen LogP contribution in [0.4, 0.5) is 0 Å². The Bertz CT molecular complexity index is 546. The van der Waals surface area contributed by atoms with Gasteiger partial charge in [-0.2, -0.15) is 5.10 Å². The van der Waals surface area contributed by atoms with Crippen molar-refractivity contribution in [3.05, 3.63) is 16.3 Å². The molecule has 2 aliphatic rings. The molecule has 1 saturated heterocycles. The van der Waals surface area contributed by atoms with E-state index in [0.717, 1.165) is 25.9 Å². The lowest BCUT2D eigenvalue weighted by atomic mass is 9.95. The number of nitrogens with zero attached hydrogens (tertiary/aromatic N) is 2. The predicted molar refractivity (Wildman–Crippen MR) is 82.5 cm³/mol. The van der Waals surface area contributed by atoms with Crippen molar-refractivity contribution < 1.29 is 4.79 Å². The van der Waals surface area contributed by atoms with Gasteiger partial charge in [0.1, 0.15) is 5.82 Å². The molecular weight excluding hydrogens is 282 g/mol. The summed E-state index contributed by atoms with van der Waals surface area (Å²) in [7, 11) is 0. The molecule has 1 aliphatic carbocycles. The summed E-state index contributed by atoms with van der Waals surface area (Å²) in [6.07, 6.45) is 7.89. The lowest BCUT2D eigenvalue weighted by Crippen LogP contribution is -2.46. The molecule has 3 N–H and O–H groups in total. The Hall–Kier alpha value is -1.63. The van der Waals surface area contributed by atoms with Gasteiger partial charge in [0.05, 0.1) is 5.92 Å². The van der Waals surface area contributed by atoms with Crippen LogP contribution in [0.25, 0.3) is 0 Å². The van der Waals surface area contributed by atoms with Gasteiger partial charge < -0.3 is 5.32 Å². The number of aromatic nitrogens is 3. The van der Waals surface area contributed by atoms with Crippen molar-refractivity contribution in [2.24, 2.45) is 5.92 Å². The molecular formula is C15H25N5O2. The number of carbonyl (C=O) groups is 1. The fourth-order valence-electron chi connectivity index (χ4n) is 3.69. The second-order valence-electron chi connectivity index (χ2n) is 6.44. The Labute approximate surface area is 129 Å². The van der Waals surface area contributed by atoms with Crippen LogP contribution in [0.2, 0.25) is 0 Å². The Kier molecular flexibility index (Phi) is 4.92. The average molecular weight is 307 g/mol. The molecule has 0 spiro atoms. The number of carbonyl (C=O) groups excluding carboxylic acids is 1. The minimum atomic E-state index is -0.305. The molecule has 122 valence electrons. The summed E-state index contributed by atoms with van der Waals surface area (Å²) >= 11 is 0. The minimum Gasteiger partial charge on any atom is -0.355 e. The van der Waals surface area contributed by atoms with Crippen LogP contribution in [0.1, 0.15) is 44.3 Å². The van der Waals surface area contributed by atoms with Gasteiger partial charge in [0, 0.05) is 25.6 Å². The number of hydrogen-bond donors (Lipinski definition) is 3. The minimum absolute atomic E-state index is 0.104. The van der Waals surface area contributed by atoms with E-state index in [1.807, 2.05) is 0 Å². The molecule has 7 nitrogen and oxygen atoms in total. The van der Waals surface area contributed by atoms with E-state index in [4.69, 9.17) is 0 Å². The maximum Gasteiger partial charge on any atom is 0.340 e. The second kappa shape index (κ2) is 7.09. The summed E-state index contributed by atoms with van der Waals surface area (Å²) in [5.74, 6) is 0.828. The Morgan fingerprint density at radius 1 is 1.27 bits per heavy atom. The summed E-state index contributed by atoms with van der Waals surface area (Å²) in [4.78, 5) is 28.4. The molecule has 3 rings (SSSR count). The zero-order valence-electron chi connectivity index (χ0n) is 12.9. The molecule has 0 unspecified atom stereocenters. The largest absolute Gasteiger partial charge is 0.355 e. The highest BCUT2D eigenvalue weighted by atomic mass is 16.2. The van der Waals surface area contributed by atoms with Crippen LogP contribution in [0.3, 0.4) is 0 Å². The molecule has 0 aromatic carbocycles. The first-order valence-electron chi connectivity index (χ1n) is 8.37. The quantitative estimate of drug-likeness (QED) is 0.734. The summed E-state index contributed by atoms with van der Waals surface area (Å²) in [5, 5.41) is 9.14. The molecule has 22 heavy (non-hydrogen) atoms. The van der Waals surface area contributed by atoms with Crippen LogP contribution in [0.15, 0.2) is 4.79 Å². The van der Waals surface area contributed by atoms with Gasteiger partial charge in [0.2, 0.25) is 5.91 Å². The smallest absolute Gasteiger partial charge is 0.340 e. The van der Waals surface area contributed by atoms with Crippen molar-refractivity contribution in [2.75, 3.05) is 19.6 Å². The van der Waals surface area contributed by atoms with Gasteiger partial charge in [-0.1, -0.05) is 12.8 Å². The van der Waals surface area contributed by atoms with E-state index in [-0.39, 0.29) is 17.5 Å². The van der Waals surface area contributed by atoms with Crippen molar-refractivity contribution in [2.45, 2.75) is 51.0 Å². The first kappa shape index (κ1) is 15.3. The number of piperidine rings is 1. The van der Waals surface area contributed by atoms with Gasteiger partial charge in [-0.15, -0.1) is 0 Å². The second-order valence-corrected chi connectivity index (χ2v) is 6.44. The molecule has 1 atom stereocenters. The number of amides is 1. The van der Waals surface area contributed by atoms with E-state index < -0.39 is 0 Å². The van der Waals surface area contributed by atoms with Gasteiger partial charge in [-0.3, -0.25) is 14.7 Å². The van der Waals surface area contributed by atoms with Gasteiger partial charge in [-0.25, -0.2) is 9.89 Å². The lowest BCUT2D eigenvalue weighted by Gasteiger charge is -2.36. The number of H-pyrrole nitrogens is 2. The van der Waals surface area contributed by atoms with E-state index in [9.17, 15) is 9.59 Å². The van der Waals surface area contributed by atoms with E-state index in [1.54, 1.807) is 0 Å². The normalized spacial score (nSPS) is 23.7. The maximum atomic E-state index is 12.3. The Morgan fingerprint density at radius 2 is 2.09 bits per heavy atom. The molecule has 0 bridgehead atoms. The molecule has 7 heteroatoms. The fourth-order valence-corrected chi connectivity index (χ4v) is 3.69. The summed E-state index contributed by atoms with van der Waals surface area (Å²) in [5.41, 5.74) is -0.305. The number of nitrogens with one attached hydrogen (secondary N) is 3. The van der Waals surface area contributed by atoms with Crippen molar-refractivity contribution >= 4 is 5.91 Å². The van der Waals surface area contributed by atoms with Gasteiger partial charge in [0.25, 0.3) is 0 Å². The van der Waals surface area contributed by atoms with E-state index in [0.29, 0.717) is 24.8 Å². The van der Waals surface area contributed by atoms with Gasteiger partial charge in [0.15, 0.2) is 0 Å². The molecule has 1 aliphatic heterocycles. The zero-order chi connectivity index (χ0) is 15.4.